The second-order valence-corrected chi connectivity index (χ2v) is 6.98. The van der Waals surface area contributed by atoms with Crippen molar-refractivity contribution in [1.82, 2.24) is 15.5 Å². The van der Waals surface area contributed by atoms with Crippen LogP contribution in [0.2, 0.25) is 0 Å². The number of fused-ring (bicyclic) bond motifs is 1. The third kappa shape index (κ3) is 6.35. The van der Waals surface area contributed by atoms with Gasteiger partial charge in [0.15, 0.2) is 0 Å². The zero-order valence-corrected chi connectivity index (χ0v) is 17.2. The number of ether oxygens (including phenoxy) is 1. The molecule has 4 amide bonds. The minimum Gasteiger partial charge on any atom is -0.481 e. The SMILES string of the molecule is CC(NC(=O)COCCN1C(=O)c2ccccc2C1=O)C(=O)NC(CCC(=O)O)C(=O)O. The number of aliphatic carboxylic acids is 2. The van der Waals surface area contributed by atoms with Gasteiger partial charge in [-0.25, -0.2) is 4.79 Å². The van der Waals surface area contributed by atoms with Gasteiger partial charge in [-0.05, 0) is 25.5 Å². The highest BCUT2D eigenvalue weighted by Gasteiger charge is 2.34. The van der Waals surface area contributed by atoms with Gasteiger partial charge in [0.05, 0.1) is 24.3 Å². The fourth-order valence-corrected chi connectivity index (χ4v) is 2.93. The van der Waals surface area contributed by atoms with Gasteiger partial charge in [0, 0.05) is 6.42 Å². The molecule has 172 valence electrons. The number of carbonyl (C=O) groups is 6. The highest BCUT2D eigenvalue weighted by atomic mass is 16.5. The fraction of sp³-hybridized carbons (Fsp3) is 0.400. The molecule has 1 aromatic rings. The molecule has 1 heterocycles. The molecule has 0 spiro atoms. The summed E-state index contributed by atoms with van der Waals surface area (Å²) in [7, 11) is 0. The van der Waals surface area contributed by atoms with E-state index < -0.39 is 60.7 Å². The zero-order valence-electron chi connectivity index (χ0n) is 17.2. The van der Waals surface area contributed by atoms with Gasteiger partial charge in [0.25, 0.3) is 11.8 Å². The summed E-state index contributed by atoms with van der Waals surface area (Å²) in [5.74, 6) is -4.96. The molecule has 0 fully saturated rings. The average Bonchev–Trinajstić information content (AvgIpc) is 2.98. The molecule has 32 heavy (non-hydrogen) atoms. The molecule has 2 unspecified atom stereocenters. The number of nitrogens with zero attached hydrogens (tertiary/aromatic N) is 1. The van der Waals surface area contributed by atoms with E-state index in [9.17, 15) is 28.8 Å². The van der Waals surface area contributed by atoms with Crippen LogP contribution in [-0.4, -0.2) is 82.5 Å². The molecular weight excluding hydrogens is 426 g/mol. The smallest absolute Gasteiger partial charge is 0.326 e. The predicted octanol–water partition coefficient (Wildman–Crippen LogP) is -0.762. The van der Waals surface area contributed by atoms with Crippen LogP contribution in [0.1, 0.15) is 40.5 Å². The molecule has 0 aromatic heterocycles. The number of hydrogen-bond acceptors (Lipinski definition) is 7. The fourth-order valence-electron chi connectivity index (χ4n) is 2.93. The quantitative estimate of drug-likeness (QED) is 0.236. The van der Waals surface area contributed by atoms with E-state index in [4.69, 9.17) is 14.9 Å². The summed E-state index contributed by atoms with van der Waals surface area (Å²) >= 11 is 0. The van der Waals surface area contributed by atoms with Gasteiger partial charge in [0.2, 0.25) is 11.8 Å². The van der Waals surface area contributed by atoms with E-state index in [-0.39, 0.29) is 19.6 Å². The number of rotatable bonds is 12. The maximum atomic E-state index is 12.2. The lowest BCUT2D eigenvalue weighted by Crippen LogP contribution is -2.51. The molecule has 1 aliphatic heterocycles. The van der Waals surface area contributed by atoms with Crippen LogP contribution in [0.4, 0.5) is 0 Å². The van der Waals surface area contributed by atoms with Crippen molar-refractivity contribution < 1.29 is 43.7 Å². The number of amides is 4. The summed E-state index contributed by atoms with van der Waals surface area (Å²) in [6.07, 6.45) is -0.753. The van der Waals surface area contributed by atoms with Gasteiger partial charge in [0.1, 0.15) is 18.7 Å². The van der Waals surface area contributed by atoms with Crippen molar-refractivity contribution in [2.24, 2.45) is 0 Å². The Morgan fingerprint density at radius 1 is 1.03 bits per heavy atom. The minimum absolute atomic E-state index is 0.0560. The molecule has 2 rings (SSSR count). The summed E-state index contributed by atoms with van der Waals surface area (Å²) in [6.45, 7) is 0.708. The Morgan fingerprint density at radius 2 is 1.62 bits per heavy atom. The second kappa shape index (κ2) is 11.0. The number of carbonyl (C=O) groups excluding carboxylic acids is 4. The lowest BCUT2D eigenvalue weighted by molar-refractivity contribution is -0.143. The molecule has 4 N–H and O–H groups in total. The standard InChI is InChI=1S/C20H23N3O9/c1-11(17(27)22-14(20(30)31)6-7-16(25)26)21-15(24)10-32-9-8-23-18(28)12-4-2-3-5-13(12)19(23)29/h2-5,11,14H,6-10H2,1H3,(H,21,24)(H,22,27)(H,25,26)(H,30,31). The first-order valence-corrected chi connectivity index (χ1v) is 9.69. The van der Waals surface area contributed by atoms with Crippen molar-refractivity contribution >= 4 is 35.6 Å². The summed E-state index contributed by atoms with van der Waals surface area (Å²) < 4.78 is 5.17. The molecule has 1 aromatic carbocycles. The van der Waals surface area contributed by atoms with Gasteiger partial charge in [-0.15, -0.1) is 0 Å². The zero-order chi connectivity index (χ0) is 23.8. The summed E-state index contributed by atoms with van der Waals surface area (Å²) in [5, 5.41) is 22.2. The van der Waals surface area contributed by atoms with E-state index in [1.54, 1.807) is 24.3 Å². The molecule has 0 radical (unpaired) electrons. The first kappa shape index (κ1) is 24.5. The molecule has 12 nitrogen and oxygen atoms in total. The van der Waals surface area contributed by atoms with Crippen LogP contribution >= 0.6 is 0 Å². The Morgan fingerprint density at radius 3 is 2.16 bits per heavy atom. The van der Waals surface area contributed by atoms with Crippen LogP contribution in [-0.2, 0) is 23.9 Å². The average molecular weight is 449 g/mol. The van der Waals surface area contributed by atoms with Gasteiger partial charge in [-0.3, -0.25) is 28.9 Å². The van der Waals surface area contributed by atoms with Crippen LogP contribution in [0.15, 0.2) is 24.3 Å². The Hall–Kier alpha value is -3.80. The van der Waals surface area contributed by atoms with Crippen LogP contribution in [0.25, 0.3) is 0 Å². The van der Waals surface area contributed by atoms with Crippen LogP contribution in [0.5, 0.6) is 0 Å². The van der Waals surface area contributed by atoms with Crippen molar-refractivity contribution in [3.05, 3.63) is 35.4 Å². The van der Waals surface area contributed by atoms with Crippen molar-refractivity contribution in [2.75, 3.05) is 19.8 Å². The van der Waals surface area contributed by atoms with Crippen molar-refractivity contribution in [1.29, 1.82) is 0 Å². The molecule has 0 saturated carbocycles. The highest BCUT2D eigenvalue weighted by molar-refractivity contribution is 6.21. The second-order valence-electron chi connectivity index (χ2n) is 6.98. The molecule has 0 saturated heterocycles. The van der Waals surface area contributed by atoms with Crippen molar-refractivity contribution in [3.63, 3.8) is 0 Å². The molecule has 0 aliphatic carbocycles. The Kier molecular flexibility index (Phi) is 8.41. The minimum atomic E-state index is -1.41. The first-order valence-electron chi connectivity index (χ1n) is 9.69. The van der Waals surface area contributed by atoms with E-state index in [0.717, 1.165) is 4.90 Å². The van der Waals surface area contributed by atoms with E-state index in [1.807, 2.05) is 0 Å². The normalized spacial score (nSPS) is 14.5. The highest BCUT2D eigenvalue weighted by Crippen LogP contribution is 2.21. The number of benzene rings is 1. The molecule has 12 heteroatoms. The predicted molar refractivity (Wildman–Crippen MR) is 107 cm³/mol. The van der Waals surface area contributed by atoms with Gasteiger partial charge < -0.3 is 25.6 Å². The van der Waals surface area contributed by atoms with Crippen LogP contribution < -0.4 is 10.6 Å². The topological polar surface area (TPSA) is 179 Å². The van der Waals surface area contributed by atoms with Crippen molar-refractivity contribution in [2.45, 2.75) is 31.8 Å². The first-order chi connectivity index (χ1) is 15.1. The Bertz CT molecular complexity index is 896. The third-order valence-corrected chi connectivity index (χ3v) is 4.60. The Balaban J connectivity index is 1.73. The summed E-state index contributed by atoms with van der Waals surface area (Å²) in [6, 6.07) is 3.88. The van der Waals surface area contributed by atoms with E-state index in [0.29, 0.717) is 11.1 Å². The number of imide groups is 1. The lowest BCUT2D eigenvalue weighted by atomic mass is 10.1. The molecule has 1 aliphatic rings. The van der Waals surface area contributed by atoms with Crippen LogP contribution in [0, 0.1) is 0 Å². The van der Waals surface area contributed by atoms with E-state index in [2.05, 4.69) is 10.6 Å². The monoisotopic (exact) mass is 449 g/mol. The molecule has 2 atom stereocenters. The van der Waals surface area contributed by atoms with E-state index in [1.165, 1.54) is 6.92 Å². The third-order valence-electron chi connectivity index (χ3n) is 4.60. The summed E-state index contributed by atoms with van der Waals surface area (Å²) in [5.41, 5.74) is 0.608. The largest absolute Gasteiger partial charge is 0.481 e. The number of nitrogens with one attached hydrogen (secondary N) is 2. The number of hydrogen-bond donors (Lipinski definition) is 4. The van der Waals surface area contributed by atoms with Crippen LogP contribution in [0.3, 0.4) is 0 Å². The number of carboxylic acid groups (broad SMARTS) is 2. The summed E-state index contributed by atoms with van der Waals surface area (Å²) in [4.78, 5) is 71.2. The molecule has 0 bridgehead atoms. The van der Waals surface area contributed by atoms with Gasteiger partial charge >= 0.3 is 11.9 Å². The number of carboxylic acids is 2. The molecular formula is C20H23N3O9. The maximum absolute atomic E-state index is 12.2. The van der Waals surface area contributed by atoms with Gasteiger partial charge in [-0.2, -0.15) is 0 Å². The van der Waals surface area contributed by atoms with Crippen molar-refractivity contribution in [3.8, 4) is 0 Å². The lowest BCUT2D eigenvalue weighted by Gasteiger charge is -2.18. The maximum Gasteiger partial charge on any atom is 0.326 e. The van der Waals surface area contributed by atoms with Gasteiger partial charge in [-0.1, -0.05) is 12.1 Å². The Labute approximate surface area is 182 Å². The van der Waals surface area contributed by atoms with E-state index >= 15 is 0 Å².